The van der Waals surface area contributed by atoms with Crippen LogP contribution in [0.1, 0.15) is 48.9 Å². The van der Waals surface area contributed by atoms with Gasteiger partial charge in [0.05, 0.1) is 13.0 Å². The highest BCUT2D eigenvalue weighted by Crippen LogP contribution is 2.31. The lowest BCUT2D eigenvalue weighted by Crippen LogP contribution is -2.16. The summed E-state index contributed by atoms with van der Waals surface area (Å²) in [6, 6.07) is 13.9. The second-order valence-corrected chi connectivity index (χ2v) is 7.29. The van der Waals surface area contributed by atoms with E-state index < -0.39 is 11.9 Å². The van der Waals surface area contributed by atoms with Crippen molar-refractivity contribution in [2.24, 2.45) is 0 Å². The lowest BCUT2D eigenvalue weighted by molar-refractivity contribution is -0.138. The molecule has 1 atom stereocenters. The SMILES string of the molecule is COc1ccc(C)cc1C(Cc1ccc(C(C)(C)C)cc1)C(=O)O. The van der Waals surface area contributed by atoms with Gasteiger partial charge in [-0.2, -0.15) is 0 Å². The molecule has 2 aromatic rings. The molecule has 0 saturated heterocycles. The van der Waals surface area contributed by atoms with E-state index in [1.165, 1.54) is 5.56 Å². The molecule has 128 valence electrons. The van der Waals surface area contributed by atoms with Crippen LogP contribution >= 0.6 is 0 Å². The smallest absolute Gasteiger partial charge is 0.311 e. The fourth-order valence-corrected chi connectivity index (χ4v) is 2.83. The van der Waals surface area contributed by atoms with Crippen LogP contribution in [-0.4, -0.2) is 18.2 Å². The number of rotatable bonds is 5. The molecule has 0 aliphatic rings. The minimum atomic E-state index is -0.834. The minimum absolute atomic E-state index is 0.0878. The van der Waals surface area contributed by atoms with Gasteiger partial charge < -0.3 is 9.84 Å². The van der Waals surface area contributed by atoms with Crippen molar-refractivity contribution in [3.63, 3.8) is 0 Å². The van der Waals surface area contributed by atoms with Crippen molar-refractivity contribution in [3.05, 3.63) is 64.7 Å². The van der Waals surface area contributed by atoms with Gasteiger partial charge in [-0.3, -0.25) is 4.79 Å². The van der Waals surface area contributed by atoms with Gasteiger partial charge in [-0.05, 0) is 36.0 Å². The van der Waals surface area contributed by atoms with Gasteiger partial charge in [-0.1, -0.05) is 62.7 Å². The number of carbonyl (C=O) groups is 1. The Morgan fingerprint density at radius 3 is 2.25 bits per heavy atom. The number of methoxy groups -OCH3 is 1. The molecule has 0 amide bonds. The number of benzene rings is 2. The van der Waals surface area contributed by atoms with Gasteiger partial charge in [0.15, 0.2) is 0 Å². The van der Waals surface area contributed by atoms with Crippen LogP contribution in [0.5, 0.6) is 5.75 Å². The van der Waals surface area contributed by atoms with Crippen LogP contribution in [0.3, 0.4) is 0 Å². The van der Waals surface area contributed by atoms with Crippen molar-refractivity contribution >= 4 is 5.97 Å². The van der Waals surface area contributed by atoms with Crippen LogP contribution in [-0.2, 0) is 16.6 Å². The van der Waals surface area contributed by atoms with E-state index in [0.29, 0.717) is 12.2 Å². The molecule has 1 N–H and O–H groups in total. The zero-order valence-electron chi connectivity index (χ0n) is 15.1. The third-order valence-corrected chi connectivity index (χ3v) is 4.32. The second kappa shape index (κ2) is 7.08. The molecule has 0 bridgehead atoms. The number of carboxylic acid groups (broad SMARTS) is 1. The highest BCUT2D eigenvalue weighted by atomic mass is 16.5. The van der Waals surface area contributed by atoms with Gasteiger partial charge in [0.2, 0.25) is 0 Å². The molecule has 2 rings (SSSR count). The number of aryl methyl sites for hydroxylation is 1. The van der Waals surface area contributed by atoms with E-state index in [9.17, 15) is 9.90 Å². The van der Waals surface area contributed by atoms with Crippen molar-refractivity contribution in [2.45, 2.75) is 45.4 Å². The lowest BCUT2D eigenvalue weighted by Gasteiger charge is -2.20. The lowest BCUT2D eigenvalue weighted by atomic mass is 9.85. The van der Waals surface area contributed by atoms with Gasteiger partial charge in [0, 0.05) is 5.56 Å². The molecule has 0 aromatic heterocycles. The predicted octanol–water partition coefficient (Wildman–Crippen LogP) is 4.71. The minimum Gasteiger partial charge on any atom is -0.496 e. The van der Waals surface area contributed by atoms with E-state index in [1.54, 1.807) is 7.11 Å². The maximum atomic E-state index is 11.9. The Morgan fingerprint density at radius 1 is 1.12 bits per heavy atom. The standard InChI is InChI=1S/C21H26O3/c1-14-6-11-19(24-5)17(12-14)18(20(22)23)13-15-7-9-16(10-8-15)21(2,3)4/h6-12,18H,13H2,1-5H3,(H,22,23). The summed E-state index contributed by atoms with van der Waals surface area (Å²) in [6.45, 7) is 8.46. The van der Waals surface area contributed by atoms with Crippen LogP contribution in [0.15, 0.2) is 42.5 Å². The molecule has 0 aliphatic heterocycles. The zero-order valence-corrected chi connectivity index (χ0v) is 15.1. The Kier molecular flexibility index (Phi) is 5.33. The van der Waals surface area contributed by atoms with E-state index in [2.05, 4.69) is 32.9 Å². The molecular weight excluding hydrogens is 300 g/mol. The fraction of sp³-hybridized carbons (Fsp3) is 0.381. The molecule has 3 heteroatoms. The summed E-state index contributed by atoms with van der Waals surface area (Å²) < 4.78 is 5.37. The molecule has 0 fully saturated rings. The molecule has 0 spiro atoms. The summed E-state index contributed by atoms with van der Waals surface area (Å²) in [4.78, 5) is 11.9. The summed E-state index contributed by atoms with van der Waals surface area (Å²) >= 11 is 0. The first-order chi connectivity index (χ1) is 11.2. The Bertz CT molecular complexity index is 709. The predicted molar refractivity (Wildman–Crippen MR) is 97.0 cm³/mol. The monoisotopic (exact) mass is 326 g/mol. The number of aliphatic carboxylic acids is 1. The zero-order chi connectivity index (χ0) is 17.9. The molecule has 3 nitrogen and oxygen atoms in total. The Balaban J connectivity index is 2.33. The largest absolute Gasteiger partial charge is 0.496 e. The van der Waals surface area contributed by atoms with Crippen molar-refractivity contribution < 1.29 is 14.6 Å². The Morgan fingerprint density at radius 2 is 1.75 bits per heavy atom. The van der Waals surface area contributed by atoms with Crippen molar-refractivity contribution in [1.82, 2.24) is 0 Å². The number of carboxylic acids is 1. The van der Waals surface area contributed by atoms with Crippen LogP contribution in [0.25, 0.3) is 0 Å². The van der Waals surface area contributed by atoms with Crippen LogP contribution in [0.4, 0.5) is 0 Å². The van der Waals surface area contributed by atoms with E-state index in [-0.39, 0.29) is 5.41 Å². The molecule has 0 heterocycles. The molecule has 0 radical (unpaired) electrons. The van der Waals surface area contributed by atoms with Gasteiger partial charge in [0.1, 0.15) is 5.75 Å². The summed E-state index contributed by atoms with van der Waals surface area (Å²) in [7, 11) is 1.57. The average molecular weight is 326 g/mol. The quantitative estimate of drug-likeness (QED) is 0.865. The second-order valence-electron chi connectivity index (χ2n) is 7.29. The number of ether oxygens (including phenoxy) is 1. The molecule has 24 heavy (non-hydrogen) atoms. The maximum Gasteiger partial charge on any atom is 0.311 e. The first kappa shape index (κ1) is 18.1. The first-order valence-corrected chi connectivity index (χ1v) is 8.19. The van der Waals surface area contributed by atoms with Crippen molar-refractivity contribution in [1.29, 1.82) is 0 Å². The third kappa shape index (κ3) is 4.16. The number of hydrogen-bond donors (Lipinski definition) is 1. The molecule has 2 aromatic carbocycles. The highest BCUT2D eigenvalue weighted by molar-refractivity contribution is 5.78. The molecular formula is C21H26O3. The molecule has 0 aliphatic carbocycles. The van der Waals surface area contributed by atoms with Gasteiger partial charge in [-0.25, -0.2) is 0 Å². The van der Waals surface area contributed by atoms with E-state index >= 15 is 0 Å². The van der Waals surface area contributed by atoms with Crippen molar-refractivity contribution in [2.75, 3.05) is 7.11 Å². The summed E-state index contributed by atoms with van der Waals surface area (Å²) in [5, 5.41) is 9.73. The fourth-order valence-electron chi connectivity index (χ4n) is 2.83. The Labute approximate surface area is 144 Å². The summed E-state index contributed by atoms with van der Waals surface area (Å²) in [6.07, 6.45) is 0.444. The first-order valence-electron chi connectivity index (χ1n) is 8.19. The van der Waals surface area contributed by atoms with Gasteiger partial charge in [-0.15, -0.1) is 0 Å². The highest BCUT2D eigenvalue weighted by Gasteiger charge is 2.24. The number of hydrogen-bond acceptors (Lipinski definition) is 2. The maximum absolute atomic E-state index is 11.9. The third-order valence-electron chi connectivity index (χ3n) is 4.32. The Hall–Kier alpha value is -2.29. The normalized spacial score (nSPS) is 12.7. The van der Waals surface area contributed by atoms with Crippen LogP contribution in [0, 0.1) is 6.92 Å². The van der Waals surface area contributed by atoms with Crippen LogP contribution < -0.4 is 4.74 Å². The van der Waals surface area contributed by atoms with E-state index in [1.807, 2.05) is 37.3 Å². The van der Waals surface area contributed by atoms with Crippen LogP contribution in [0.2, 0.25) is 0 Å². The van der Waals surface area contributed by atoms with Gasteiger partial charge >= 0.3 is 5.97 Å². The summed E-state index contributed by atoms with van der Waals surface area (Å²) in [5.41, 5.74) is 4.10. The van der Waals surface area contributed by atoms with Crippen molar-refractivity contribution in [3.8, 4) is 5.75 Å². The van der Waals surface area contributed by atoms with Gasteiger partial charge in [0.25, 0.3) is 0 Å². The average Bonchev–Trinajstić information content (AvgIpc) is 2.52. The van der Waals surface area contributed by atoms with E-state index in [0.717, 1.165) is 16.7 Å². The molecule has 0 saturated carbocycles. The topological polar surface area (TPSA) is 46.5 Å². The molecule has 1 unspecified atom stereocenters. The summed E-state index contributed by atoms with van der Waals surface area (Å²) in [5.74, 6) is -0.835. The van der Waals surface area contributed by atoms with E-state index in [4.69, 9.17) is 4.74 Å².